The van der Waals surface area contributed by atoms with Crippen LogP contribution in [0.1, 0.15) is 17.2 Å². The van der Waals surface area contributed by atoms with E-state index in [1.807, 2.05) is 6.92 Å². The first-order chi connectivity index (χ1) is 5.65. The van der Waals surface area contributed by atoms with Gasteiger partial charge in [-0.25, -0.2) is 4.98 Å². The van der Waals surface area contributed by atoms with Gasteiger partial charge in [0.25, 0.3) is 0 Å². The topological polar surface area (TPSA) is 59.1 Å². The molecule has 1 heterocycles. The Hall–Kier alpha value is -0.640. The van der Waals surface area contributed by atoms with Gasteiger partial charge < -0.3 is 10.8 Å². The van der Waals surface area contributed by atoms with Crippen molar-refractivity contribution in [3.8, 4) is 0 Å². The fourth-order valence-electron chi connectivity index (χ4n) is 0.898. The molecular formula is C8H11ClN2O. The molecule has 0 aromatic carbocycles. The van der Waals surface area contributed by atoms with Crippen molar-refractivity contribution in [2.45, 2.75) is 13.0 Å². The minimum absolute atomic E-state index is 0.197. The number of aromatic nitrogens is 1. The predicted molar refractivity (Wildman–Crippen MR) is 48.0 cm³/mol. The number of nitrogens with zero attached hydrogens (tertiary/aromatic N) is 1. The third-order valence-electron chi connectivity index (χ3n) is 1.64. The lowest BCUT2D eigenvalue weighted by Gasteiger charge is -2.08. The van der Waals surface area contributed by atoms with E-state index in [4.69, 9.17) is 17.3 Å². The second-order valence-corrected chi connectivity index (χ2v) is 2.99. The van der Waals surface area contributed by atoms with Gasteiger partial charge in [0.2, 0.25) is 0 Å². The van der Waals surface area contributed by atoms with Crippen LogP contribution in [-0.4, -0.2) is 16.6 Å². The monoisotopic (exact) mass is 186 g/mol. The summed E-state index contributed by atoms with van der Waals surface area (Å²) < 4.78 is 0. The van der Waals surface area contributed by atoms with Crippen molar-refractivity contribution in [1.29, 1.82) is 0 Å². The fraction of sp³-hybridized carbons (Fsp3) is 0.375. The molecule has 0 unspecified atom stereocenters. The highest BCUT2D eigenvalue weighted by atomic mass is 35.5. The van der Waals surface area contributed by atoms with E-state index in [2.05, 4.69) is 4.98 Å². The normalized spacial score (nSPS) is 13.0. The highest BCUT2D eigenvalue weighted by molar-refractivity contribution is 6.30. The Bertz CT molecular complexity index is 278. The Balaban J connectivity index is 2.96. The van der Waals surface area contributed by atoms with E-state index in [9.17, 15) is 5.11 Å². The Morgan fingerprint density at radius 1 is 1.75 bits per heavy atom. The SMILES string of the molecule is Cc1cc([C@@H](O)CN)cnc1Cl. The molecule has 66 valence electrons. The lowest BCUT2D eigenvalue weighted by molar-refractivity contribution is 0.186. The zero-order valence-electron chi connectivity index (χ0n) is 6.79. The average molecular weight is 187 g/mol. The summed E-state index contributed by atoms with van der Waals surface area (Å²) in [6.45, 7) is 2.03. The van der Waals surface area contributed by atoms with Crippen LogP contribution >= 0.6 is 11.6 Å². The minimum Gasteiger partial charge on any atom is -0.387 e. The van der Waals surface area contributed by atoms with Crippen LogP contribution in [-0.2, 0) is 0 Å². The molecule has 4 heteroatoms. The van der Waals surface area contributed by atoms with Crippen LogP contribution in [0.4, 0.5) is 0 Å². The Labute approximate surface area is 76.2 Å². The van der Waals surface area contributed by atoms with Crippen LogP contribution in [0, 0.1) is 6.92 Å². The lowest BCUT2D eigenvalue weighted by Crippen LogP contribution is -2.11. The minimum atomic E-state index is -0.645. The molecule has 1 aromatic rings. The van der Waals surface area contributed by atoms with E-state index >= 15 is 0 Å². The molecule has 0 radical (unpaired) electrons. The van der Waals surface area contributed by atoms with Crippen molar-refractivity contribution < 1.29 is 5.11 Å². The second-order valence-electron chi connectivity index (χ2n) is 2.63. The van der Waals surface area contributed by atoms with Crippen LogP contribution in [0.5, 0.6) is 0 Å². The van der Waals surface area contributed by atoms with Gasteiger partial charge in [0.15, 0.2) is 0 Å². The van der Waals surface area contributed by atoms with E-state index in [-0.39, 0.29) is 6.54 Å². The first-order valence-electron chi connectivity index (χ1n) is 3.65. The number of hydrogen-bond acceptors (Lipinski definition) is 3. The van der Waals surface area contributed by atoms with Gasteiger partial charge >= 0.3 is 0 Å². The number of pyridine rings is 1. The third-order valence-corrected chi connectivity index (χ3v) is 2.04. The summed E-state index contributed by atoms with van der Waals surface area (Å²) in [7, 11) is 0. The second kappa shape index (κ2) is 3.85. The molecule has 0 aliphatic heterocycles. The van der Waals surface area contributed by atoms with Crippen molar-refractivity contribution in [2.24, 2.45) is 5.73 Å². The molecule has 1 atom stereocenters. The zero-order valence-corrected chi connectivity index (χ0v) is 7.54. The van der Waals surface area contributed by atoms with Gasteiger partial charge in [-0.1, -0.05) is 11.6 Å². The molecular weight excluding hydrogens is 176 g/mol. The lowest BCUT2D eigenvalue weighted by atomic mass is 10.1. The smallest absolute Gasteiger partial charge is 0.131 e. The number of hydrogen-bond donors (Lipinski definition) is 2. The molecule has 0 amide bonds. The van der Waals surface area contributed by atoms with Crippen LogP contribution in [0.2, 0.25) is 5.15 Å². The van der Waals surface area contributed by atoms with E-state index in [1.165, 1.54) is 6.20 Å². The summed E-state index contributed by atoms with van der Waals surface area (Å²) in [5, 5.41) is 9.80. The molecule has 1 aromatic heterocycles. The maximum absolute atomic E-state index is 9.34. The van der Waals surface area contributed by atoms with E-state index in [1.54, 1.807) is 6.07 Å². The van der Waals surface area contributed by atoms with Crippen molar-refractivity contribution in [2.75, 3.05) is 6.54 Å². The molecule has 0 fully saturated rings. The van der Waals surface area contributed by atoms with Crippen molar-refractivity contribution in [1.82, 2.24) is 4.98 Å². The molecule has 3 N–H and O–H groups in total. The first kappa shape index (κ1) is 9.45. The van der Waals surface area contributed by atoms with Gasteiger partial charge in [-0.2, -0.15) is 0 Å². The molecule has 3 nitrogen and oxygen atoms in total. The molecule has 0 aliphatic carbocycles. The average Bonchev–Trinajstić information content (AvgIpc) is 2.08. The third kappa shape index (κ3) is 1.94. The number of rotatable bonds is 2. The summed E-state index contributed by atoms with van der Waals surface area (Å²) in [4.78, 5) is 3.90. The maximum Gasteiger partial charge on any atom is 0.131 e. The summed E-state index contributed by atoms with van der Waals surface area (Å²) in [5.41, 5.74) is 6.84. The van der Waals surface area contributed by atoms with Gasteiger partial charge in [-0.15, -0.1) is 0 Å². The molecule has 1 rings (SSSR count). The molecule has 0 saturated heterocycles. The summed E-state index contributed by atoms with van der Waals surface area (Å²) in [6.07, 6.45) is 0.890. The van der Waals surface area contributed by atoms with Gasteiger partial charge in [-0.3, -0.25) is 0 Å². The van der Waals surface area contributed by atoms with Crippen LogP contribution in [0.3, 0.4) is 0 Å². The van der Waals surface area contributed by atoms with E-state index in [0.717, 1.165) is 5.56 Å². The molecule has 0 spiro atoms. The van der Waals surface area contributed by atoms with E-state index in [0.29, 0.717) is 10.7 Å². The molecule has 0 saturated carbocycles. The maximum atomic E-state index is 9.34. The number of halogens is 1. The van der Waals surface area contributed by atoms with Crippen LogP contribution < -0.4 is 5.73 Å². The number of aliphatic hydroxyl groups excluding tert-OH is 1. The van der Waals surface area contributed by atoms with Crippen LogP contribution in [0.25, 0.3) is 0 Å². The molecule has 0 aliphatic rings. The number of aliphatic hydroxyl groups is 1. The van der Waals surface area contributed by atoms with Crippen molar-refractivity contribution in [3.05, 3.63) is 28.5 Å². The van der Waals surface area contributed by atoms with E-state index < -0.39 is 6.10 Å². The number of aryl methyl sites for hydroxylation is 1. The van der Waals surface area contributed by atoms with Crippen molar-refractivity contribution in [3.63, 3.8) is 0 Å². The quantitative estimate of drug-likeness (QED) is 0.679. The fourth-order valence-corrected chi connectivity index (χ4v) is 1.00. The Morgan fingerprint density at radius 2 is 2.42 bits per heavy atom. The van der Waals surface area contributed by atoms with Gasteiger partial charge in [0.1, 0.15) is 5.15 Å². The van der Waals surface area contributed by atoms with Gasteiger partial charge in [-0.05, 0) is 18.6 Å². The standard InChI is InChI=1S/C8H11ClN2O/c1-5-2-6(7(12)3-10)4-11-8(5)9/h2,4,7,12H,3,10H2,1H3/t7-/m0/s1. The van der Waals surface area contributed by atoms with Gasteiger partial charge in [0, 0.05) is 18.3 Å². The summed E-state index contributed by atoms with van der Waals surface area (Å²) in [5.74, 6) is 0. The zero-order chi connectivity index (χ0) is 9.14. The Morgan fingerprint density at radius 3 is 2.92 bits per heavy atom. The van der Waals surface area contributed by atoms with Crippen molar-refractivity contribution >= 4 is 11.6 Å². The largest absolute Gasteiger partial charge is 0.387 e. The number of nitrogens with two attached hydrogens (primary N) is 1. The predicted octanol–water partition coefficient (Wildman–Crippen LogP) is 1.04. The summed E-state index contributed by atoms with van der Waals surface area (Å²) >= 11 is 5.70. The Kier molecular flexibility index (Phi) is 3.03. The van der Waals surface area contributed by atoms with Gasteiger partial charge in [0.05, 0.1) is 6.10 Å². The first-order valence-corrected chi connectivity index (χ1v) is 4.03. The molecule has 0 bridgehead atoms. The molecule has 12 heavy (non-hydrogen) atoms. The summed E-state index contributed by atoms with van der Waals surface area (Å²) in [6, 6.07) is 1.78. The van der Waals surface area contributed by atoms with Crippen LogP contribution in [0.15, 0.2) is 12.3 Å². The highest BCUT2D eigenvalue weighted by Crippen LogP contribution is 2.17. The highest BCUT2D eigenvalue weighted by Gasteiger charge is 2.06.